The van der Waals surface area contributed by atoms with Crippen molar-refractivity contribution in [3.63, 3.8) is 0 Å². The van der Waals surface area contributed by atoms with Gasteiger partial charge in [0.1, 0.15) is 17.2 Å². The van der Waals surface area contributed by atoms with E-state index in [-0.39, 0.29) is 62.6 Å². The van der Waals surface area contributed by atoms with Crippen molar-refractivity contribution < 1.29 is 9.84 Å². The van der Waals surface area contributed by atoms with Crippen molar-refractivity contribution >= 4 is 46.9 Å². The van der Waals surface area contributed by atoms with E-state index in [9.17, 15) is 0 Å². The average Bonchev–Trinajstić information content (AvgIpc) is 3.93. The van der Waals surface area contributed by atoms with E-state index in [0.717, 1.165) is 43.2 Å². The summed E-state index contributed by atoms with van der Waals surface area (Å²) >= 11 is 0. The van der Waals surface area contributed by atoms with Crippen LogP contribution < -0.4 is 38.4 Å². The normalized spacial score (nSPS) is 13.5. The molecule has 0 saturated carbocycles. The summed E-state index contributed by atoms with van der Waals surface area (Å²) in [7, 11) is 0. The number of aliphatic hydroxyl groups is 1. The number of aliphatic hydroxyl groups excluding tert-OH is 1. The number of rotatable bonds is 5. The van der Waals surface area contributed by atoms with Gasteiger partial charge in [0.2, 0.25) is 5.96 Å². The Morgan fingerprint density at radius 2 is 1.20 bits per heavy atom. The third-order valence-corrected chi connectivity index (χ3v) is 9.03. The number of nitrogens with one attached hydrogen (secondary N) is 6. The summed E-state index contributed by atoms with van der Waals surface area (Å²) in [6, 6.07) is 16.5. The highest BCUT2D eigenvalue weighted by atomic mass is 16.5. The lowest BCUT2D eigenvalue weighted by atomic mass is 9.86. The largest absolute Gasteiger partial charge is 0.488 e. The zero-order chi connectivity index (χ0) is 56.4. The SMILES string of the molecule is CC(=N)c1ccc(OC(C)(C)C)cc1.CC(C)(C)/C=N/NC(=N)N.CC(C)(C)C(=N)CO.CC(C)(C)C(=N)N.CC(C)(C)C1=NCCN1.CC(C)(C)N=C(N)N.CC(C)(C)c1ccc(C2=NCCC2)cc1. The zero-order valence-electron chi connectivity index (χ0n) is 48.4. The van der Waals surface area contributed by atoms with Gasteiger partial charge in [0.15, 0.2) is 5.96 Å². The lowest BCUT2D eigenvalue weighted by Crippen LogP contribution is -2.31. The highest BCUT2D eigenvalue weighted by Crippen LogP contribution is 2.24. The van der Waals surface area contributed by atoms with Gasteiger partial charge in [-0.15, -0.1) is 0 Å². The fourth-order valence-corrected chi connectivity index (χ4v) is 4.88. The summed E-state index contributed by atoms with van der Waals surface area (Å²) in [5.74, 6) is 2.26. The average molecular weight is 992 g/mol. The predicted octanol–water partition coefficient (Wildman–Crippen LogP) is 10.4. The molecule has 16 nitrogen and oxygen atoms in total. The van der Waals surface area contributed by atoms with Crippen molar-refractivity contribution in [3.8, 4) is 5.75 Å². The third-order valence-electron chi connectivity index (χ3n) is 9.03. The van der Waals surface area contributed by atoms with Crippen LogP contribution in [-0.2, 0) is 5.41 Å². The molecule has 0 fully saturated rings. The molecule has 0 aliphatic carbocycles. The molecule has 2 heterocycles. The Bertz CT molecular complexity index is 2010. The van der Waals surface area contributed by atoms with Crippen molar-refractivity contribution in [3.05, 3.63) is 65.2 Å². The maximum absolute atomic E-state index is 8.45. The van der Waals surface area contributed by atoms with E-state index < -0.39 is 0 Å². The Balaban J connectivity index is -0.000000775. The molecule has 71 heavy (non-hydrogen) atoms. The van der Waals surface area contributed by atoms with Gasteiger partial charge in [-0.3, -0.25) is 20.8 Å². The second-order valence-corrected chi connectivity index (χ2v) is 24.4. The van der Waals surface area contributed by atoms with Crippen LogP contribution in [-0.4, -0.2) is 89.4 Å². The lowest BCUT2D eigenvalue weighted by molar-refractivity contribution is 0.131. The molecule has 0 spiro atoms. The van der Waals surface area contributed by atoms with Gasteiger partial charge in [0.25, 0.3) is 0 Å². The fourth-order valence-electron chi connectivity index (χ4n) is 4.88. The van der Waals surface area contributed by atoms with Crippen LogP contribution in [0.25, 0.3) is 0 Å². The van der Waals surface area contributed by atoms with Gasteiger partial charge < -0.3 is 48.9 Å². The van der Waals surface area contributed by atoms with Gasteiger partial charge in [-0.1, -0.05) is 128 Å². The van der Waals surface area contributed by atoms with Crippen molar-refractivity contribution in [1.82, 2.24) is 10.7 Å². The van der Waals surface area contributed by atoms with Gasteiger partial charge in [-0.05, 0) is 113 Å². The summed E-state index contributed by atoms with van der Waals surface area (Å²) in [6.07, 6.45) is 4.07. The minimum Gasteiger partial charge on any atom is -0.488 e. The van der Waals surface area contributed by atoms with Crippen LogP contribution in [0.15, 0.2) is 68.6 Å². The molecule has 15 N–H and O–H groups in total. The molecule has 0 saturated heterocycles. The number of guanidine groups is 2. The van der Waals surface area contributed by atoms with Gasteiger partial charge in [0, 0.05) is 52.7 Å². The smallest absolute Gasteiger partial charge is 0.206 e. The number of ether oxygens (including phenoxy) is 1. The minimum absolute atomic E-state index is 0.0302. The van der Waals surface area contributed by atoms with Crippen molar-refractivity contribution in [2.75, 3.05) is 26.2 Å². The summed E-state index contributed by atoms with van der Waals surface area (Å²) in [6.45, 7) is 47.2. The molecule has 404 valence electrons. The Morgan fingerprint density at radius 1 is 0.704 bits per heavy atom. The molecule has 0 unspecified atom stereocenters. The molecule has 0 bridgehead atoms. The number of aliphatic imine (C=N–C) groups is 3. The maximum atomic E-state index is 8.45. The van der Waals surface area contributed by atoms with E-state index in [4.69, 9.17) is 54.4 Å². The second-order valence-electron chi connectivity index (χ2n) is 24.4. The minimum atomic E-state index is -0.165. The van der Waals surface area contributed by atoms with Crippen molar-refractivity contribution in [2.24, 2.45) is 64.7 Å². The quantitative estimate of drug-likeness (QED) is 0.0776. The second kappa shape index (κ2) is 31.0. The first-order chi connectivity index (χ1) is 31.8. The molecule has 0 radical (unpaired) electrons. The number of hydrazone groups is 1. The summed E-state index contributed by atoms with van der Waals surface area (Å²) in [5, 5.41) is 43.7. The molecule has 2 aromatic carbocycles. The third kappa shape index (κ3) is 39.7. The zero-order valence-corrected chi connectivity index (χ0v) is 48.4. The Kier molecular flexibility index (Phi) is 30.4. The number of nitrogens with two attached hydrogens (primary N) is 4. The number of hydrogen-bond acceptors (Lipinski definition) is 11. The molecular weight excluding hydrogens is 889 g/mol. The number of benzene rings is 2. The fraction of sp³-hybridized carbons (Fsp3) is 0.636. The summed E-state index contributed by atoms with van der Waals surface area (Å²) < 4.78 is 5.67. The summed E-state index contributed by atoms with van der Waals surface area (Å²) in [4.78, 5) is 12.7. The van der Waals surface area contributed by atoms with Crippen LogP contribution in [0.1, 0.15) is 182 Å². The van der Waals surface area contributed by atoms with Crippen molar-refractivity contribution in [2.45, 2.75) is 182 Å². The van der Waals surface area contributed by atoms with E-state index >= 15 is 0 Å². The molecule has 0 aromatic heterocycles. The molecule has 0 atom stereocenters. The van der Waals surface area contributed by atoms with E-state index in [0.29, 0.717) is 11.4 Å². The molecule has 2 aromatic rings. The van der Waals surface area contributed by atoms with Crippen LogP contribution in [0.4, 0.5) is 0 Å². The monoisotopic (exact) mass is 991 g/mol. The van der Waals surface area contributed by atoms with E-state index in [1.165, 1.54) is 23.3 Å². The first-order valence-corrected chi connectivity index (χ1v) is 24.4. The van der Waals surface area contributed by atoms with Crippen molar-refractivity contribution in [1.29, 1.82) is 21.6 Å². The molecule has 2 aliphatic rings. The number of nitrogens with zero attached hydrogens (tertiary/aromatic N) is 4. The van der Waals surface area contributed by atoms with Gasteiger partial charge >= 0.3 is 0 Å². The highest BCUT2D eigenvalue weighted by molar-refractivity contribution is 6.01. The molecule has 16 heteroatoms. The Morgan fingerprint density at radius 3 is 1.44 bits per heavy atom. The highest BCUT2D eigenvalue weighted by Gasteiger charge is 2.21. The van der Waals surface area contributed by atoms with Crippen LogP contribution in [0, 0.1) is 43.3 Å². The van der Waals surface area contributed by atoms with Crippen LogP contribution in [0.3, 0.4) is 0 Å². The van der Waals surface area contributed by atoms with Gasteiger partial charge in [-0.2, -0.15) is 5.10 Å². The predicted molar refractivity (Wildman–Crippen MR) is 309 cm³/mol. The molecule has 0 amide bonds. The number of amidine groups is 2. The Hall–Kier alpha value is -5.64. The van der Waals surface area contributed by atoms with Crippen LogP contribution in [0.2, 0.25) is 0 Å². The molecular formula is C55H102N14O2. The first-order valence-electron chi connectivity index (χ1n) is 24.4. The van der Waals surface area contributed by atoms with Gasteiger partial charge in [0.05, 0.1) is 24.5 Å². The number of hydrogen-bond donors (Lipinski definition) is 11. The van der Waals surface area contributed by atoms with Crippen LogP contribution >= 0.6 is 0 Å². The Labute approximate surface area is 431 Å². The van der Waals surface area contributed by atoms with Gasteiger partial charge in [-0.25, -0.2) is 10.4 Å². The molecule has 4 rings (SSSR count). The topological polar surface area (TPSA) is 302 Å². The first kappa shape index (κ1) is 69.6. The maximum Gasteiger partial charge on any atom is 0.206 e. The van der Waals surface area contributed by atoms with E-state index in [1.807, 2.05) is 128 Å². The standard InChI is InChI=1S/C14H19N.C12H17NO.C7H14N2.C6H14N4.C6H13NO.C5H13N3.C5H12N2/c1-14(2,3)12-8-6-11(7-9-12)13-5-4-10-15-13;1-9(13)10-5-7-11(8-6-10)14-12(2,3)4;1-7(2,3)6-8-4-5-9-6;1-6(2,3)4-9-10-5(7)8;1-6(2,3)5(7)4-8;1-5(2,3)8-4(6)7;1-5(2,3)4(6)7/h6-9H,4-5,10H2,1-3H3;5-8,13H,1-4H3;4-5H2,1-3H3,(H,8,9);4H,1-3H3,(H4,7,8,10);7-8H,4H2,1-3H3;1-3H3,(H4,6,7,8);1-3H3,(H3,6,7)/b;;;9-4+;;;. The van der Waals surface area contributed by atoms with E-state index in [2.05, 4.69) is 96.6 Å². The van der Waals surface area contributed by atoms with E-state index in [1.54, 1.807) is 13.1 Å². The lowest BCUT2D eigenvalue weighted by Gasteiger charge is -2.21. The summed E-state index contributed by atoms with van der Waals surface area (Å²) in [5.41, 5.74) is 28.5. The van der Waals surface area contributed by atoms with Crippen LogP contribution in [0.5, 0.6) is 5.75 Å². The molecule has 2 aliphatic heterocycles.